The number of nitrogens with zero attached hydrogens (tertiary/aromatic N) is 2. The van der Waals surface area contributed by atoms with Gasteiger partial charge < -0.3 is 21.3 Å². The topological polar surface area (TPSA) is 99.8 Å². The molecule has 0 aliphatic heterocycles. The van der Waals surface area contributed by atoms with E-state index in [1.165, 1.54) is 0 Å². The molecule has 1 saturated carbocycles. The number of hydrogen-bond acceptors (Lipinski definition) is 3. The molecular weight excluding hydrogens is 469 g/mol. The van der Waals surface area contributed by atoms with Crippen molar-refractivity contribution >= 4 is 41.8 Å². The minimum absolute atomic E-state index is 0. The summed E-state index contributed by atoms with van der Waals surface area (Å²) in [6, 6.07) is 7.15. The van der Waals surface area contributed by atoms with Gasteiger partial charge in [-0.05, 0) is 37.5 Å². The Balaban J connectivity index is 0.00000392. The van der Waals surface area contributed by atoms with Crippen LogP contribution in [-0.4, -0.2) is 49.9 Å². The van der Waals surface area contributed by atoms with Crippen LogP contribution in [-0.2, 0) is 11.3 Å². The Morgan fingerprint density at radius 1 is 1.21 bits per heavy atom. The zero-order valence-electron chi connectivity index (χ0n) is 17.0. The normalized spacial score (nSPS) is 15.5. The van der Waals surface area contributed by atoms with Gasteiger partial charge in [0.2, 0.25) is 11.8 Å². The lowest BCUT2D eigenvalue weighted by atomic mass is 9.84. The zero-order chi connectivity index (χ0) is 19.9. The van der Waals surface area contributed by atoms with Gasteiger partial charge in [0.25, 0.3) is 0 Å². The largest absolute Gasteiger partial charge is 0.366 e. The molecule has 28 heavy (non-hydrogen) atoms. The predicted octanol–water partition coefficient (Wildman–Crippen LogP) is 2.11. The number of amides is 2. The second-order valence-electron chi connectivity index (χ2n) is 7.30. The van der Waals surface area contributed by atoms with E-state index in [2.05, 4.69) is 15.6 Å². The van der Waals surface area contributed by atoms with Gasteiger partial charge in [-0.2, -0.15) is 0 Å². The molecule has 0 radical (unpaired) electrons. The van der Waals surface area contributed by atoms with Crippen LogP contribution in [0.3, 0.4) is 0 Å². The van der Waals surface area contributed by atoms with Crippen molar-refractivity contribution in [2.75, 3.05) is 27.2 Å². The third-order valence-electron chi connectivity index (χ3n) is 4.99. The van der Waals surface area contributed by atoms with E-state index < -0.39 is 5.91 Å². The number of nitrogens with two attached hydrogens (primary N) is 1. The maximum Gasteiger partial charge on any atom is 0.248 e. The molecule has 1 aliphatic rings. The highest BCUT2D eigenvalue weighted by molar-refractivity contribution is 14.0. The fraction of sp³-hybridized carbons (Fsp3) is 0.550. The Morgan fingerprint density at radius 2 is 1.89 bits per heavy atom. The summed E-state index contributed by atoms with van der Waals surface area (Å²) < 4.78 is 0. The van der Waals surface area contributed by atoms with Gasteiger partial charge in [0.05, 0.1) is 12.0 Å². The lowest BCUT2D eigenvalue weighted by Gasteiger charge is -2.31. The average Bonchev–Trinajstić information content (AvgIpc) is 3.13. The molecule has 0 unspecified atom stereocenters. The van der Waals surface area contributed by atoms with Gasteiger partial charge in [-0.1, -0.05) is 25.0 Å². The van der Waals surface area contributed by atoms with Crippen LogP contribution in [0.4, 0.5) is 0 Å². The van der Waals surface area contributed by atoms with Gasteiger partial charge in [-0.15, -0.1) is 24.0 Å². The summed E-state index contributed by atoms with van der Waals surface area (Å²) in [4.78, 5) is 30.3. The standard InChI is InChI=1S/C20H31N5O2.HI/c1-4-22-19(23-13-15-8-7-9-16(12-15)17(21)26)24-14-20(10-5-6-11-20)18(27)25(2)3;/h7-9,12H,4-6,10-11,13-14H2,1-3H3,(H2,21,26)(H2,22,23,24);1H. The van der Waals surface area contributed by atoms with E-state index in [0.717, 1.165) is 37.8 Å². The van der Waals surface area contributed by atoms with Crippen molar-refractivity contribution in [2.45, 2.75) is 39.2 Å². The fourth-order valence-corrected chi connectivity index (χ4v) is 3.58. The van der Waals surface area contributed by atoms with Crippen molar-refractivity contribution in [1.29, 1.82) is 0 Å². The van der Waals surface area contributed by atoms with Crippen LogP contribution in [0, 0.1) is 5.41 Å². The lowest BCUT2D eigenvalue weighted by molar-refractivity contribution is -0.138. The number of carbonyl (C=O) groups is 2. The van der Waals surface area contributed by atoms with Crippen LogP contribution in [0.1, 0.15) is 48.5 Å². The summed E-state index contributed by atoms with van der Waals surface area (Å²) in [5.41, 5.74) is 6.36. The number of aliphatic imine (C=N–C) groups is 1. The smallest absolute Gasteiger partial charge is 0.248 e. The SMILES string of the molecule is CCNC(=NCc1cccc(C(N)=O)c1)NCC1(C(=O)N(C)C)CCCC1.I. The second-order valence-corrected chi connectivity index (χ2v) is 7.30. The molecule has 1 fully saturated rings. The lowest BCUT2D eigenvalue weighted by Crippen LogP contribution is -2.49. The second kappa shape index (κ2) is 11.2. The molecule has 1 aromatic carbocycles. The quantitative estimate of drug-likeness (QED) is 0.303. The van der Waals surface area contributed by atoms with Crippen LogP contribution in [0.15, 0.2) is 29.3 Å². The molecule has 8 heteroatoms. The first-order chi connectivity index (χ1) is 12.9. The summed E-state index contributed by atoms with van der Waals surface area (Å²) in [5.74, 6) is 0.397. The molecule has 0 aromatic heterocycles. The van der Waals surface area contributed by atoms with Crippen LogP contribution in [0.2, 0.25) is 0 Å². The van der Waals surface area contributed by atoms with Crippen molar-refractivity contribution < 1.29 is 9.59 Å². The minimum atomic E-state index is -0.448. The van der Waals surface area contributed by atoms with Gasteiger partial charge in [-0.25, -0.2) is 4.99 Å². The molecule has 1 aromatic rings. The number of guanidine groups is 1. The van der Waals surface area contributed by atoms with Crippen LogP contribution >= 0.6 is 24.0 Å². The molecular formula is C20H32IN5O2. The van der Waals surface area contributed by atoms with E-state index in [4.69, 9.17) is 5.73 Å². The molecule has 156 valence electrons. The molecule has 0 spiro atoms. The molecule has 2 amide bonds. The Kier molecular flexibility index (Phi) is 9.71. The van der Waals surface area contributed by atoms with E-state index in [1.807, 2.05) is 27.1 Å². The third kappa shape index (κ3) is 6.35. The van der Waals surface area contributed by atoms with E-state index >= 15 is 0 Å². The first-order valence-corrected chi connectivity index (χ1v) is 9.50. The zero-order valence-corrected chi connectivity index (χ0v) is 19.3. The number of rotatable bonds is 7. The van der Waals surface area contributed by atoms with E-state index in [1.54, 1.807) is 23.1 Å². The van der Waals surface area contributed by atoms with E-state index in [0.29, 0.717) is 24.6 Å². The number of nitrogens with one attached hydrogen (secondary N) is 2. The van der Waals surface area contributed by atoms with E-state index in [-0.39, 0.29) is 35.3 Å². The molecule has 0 bridgehead atoms. The minimum Gasteiger partial charge on any atom is -0.366 e. The molecule has 7 nitrogen and oxygen atoms in total. The monoisotopic (exact) mass is 501 g/mol. The number of benzene rings is 1. The Hall–Kier alpha value is -1.84. The highest BCUT2D eigenvalue weighted by Crippen LogP contribution is 2.38. The van der Waals surface area contributed by atoms with Crippen molar-refractivity contribution in [3.63, 3.8) is 0 Å². The fourth-order valence-electron chi connectivity index (χ4n) is 3.58. The van der Waals surface area contributed by atoms with Crippen LogP contribution < -0.4 is 16.4 Å². The first kappa shape index (κ1) is 24.2. The molecule has 0 saturated heterocycles. The summed E-state index contributed by atoms with van der Waals surface area (Å²) in [6.07, 6.45) is 3.96. The Bertz CT molecular complexity index is 700. The highest BCUT2D eigenvalue weighted by atomic mass is 127. The maximum atomic E-state index is 12.7. The predicted molar refractivity (Wildman–Crippen MR) is 123 cm³/mol. The van der Waals surface area contributed by atoms with Gasteiger partial charge in [0.15, 0.2) is 5.96 Å². The van der Waals surface area contributed by atoms with Crippen LogP contribution in [0.5, 0.6) is 0 Å². The van der Waals surface area contributed by atoms with Crippen molar-refractivity contribution in [1.82, 2.24) is 15.5 Å². The van der Waals surface area contributed by atoms with Gasteiger partial charge >= 0.3 is 0 Å². The summed E-state index contributed by atoms with van der Waals surface area (Å²) in [5, 5.41) is 6.57. The van der Waals surface area contributed by atoms with Crippen molar-refractivity contribution in [3.05, 3.63) is 35.4 Å². The molecule has 2 rings (SSSR count). The number of carbonyl (C=O) groups excluding carboxylic acids is 2. The first-order valence-electron chi connectivity index (χ1n) is 9.50. The van der Waals surface area contributed by atoms with Gasteiger partial charge in [0, 0.05) is 32.7 Å². The van der Waals surface area contributed by atoms with Crippen molar-refractivity contribution in [3.8, 4) is 0 Å². The van der Waals surface area contributed by atoms with Gasteiger partial charge in [-0.3, -0.25) is 9.59 Å². The summed E-state index contributed by atoms with van der Waals surface area (Å²) in [6.45, 7) is 3.71. The Labute approximate surface area is 184 Å². The third-order valence-corrected chi connectivity index (χ3v) is 4.99. The molecule has 1 aliphatic carbocycles. The average molecular weight is 501 g/mol. The maximum absolute atomic E-state index is 12.7. The molecule has 0 heterocycles. The Morgan fingerprint density at radius 3 is 2.46 bits per heavy atom. The number of halogens is 1. The van der Waals surface area contributed by atoms with Crippen molar-refractivity contribution in [2.24, 2.45) is 16.1 Å². The highest BCUT2D eigenvalue weighted by Gasteiger charge is 2.42. The van der Waals surface area contributed by atoms with E-state index in [9.17, 15) is 9.59 Å². The number of primary amides is 1. The number of hydrogen-bond donors (Lipinski definition) is 3. The summed E-state index contributed by atoms with van der Waals surface area (Å²) >= 11 is 0. The molecule has 0 atom stereocenters. The van der Waals surface area contributed by atoms with Crippen LogP contribution in [0.25, 0.3) is 0 Å². The van der Waals surface area contributed by atoms with Gasteiger partial charge in [0.1, 0.15) is 0 Å². The summed E-state index contributed by atoms with van der Waals surface area (Å²) in [7, 11) is 3.63. The molecule has 4 N–H and O–H groups in total.